The van der Waals surface area contributed by atoms with E-state index in [-0.39, 0.29) is 16.9 Å². The highest BCUT2D eigenvalue weighted by Crippen LogP contribution is 2.66. The molecule has 1 heterocycles. The van der Waals surface area contributed by atoms with Gasteiger partial charge in [-0.1, -0.05) is 31.6 Å². The molecule has 4 aliphatic rings. The summed E-state index contributed by atoms with van der Waals surface area (Å²) >= 11 is 0. The van der Waals surface area contributed by atoms with Crippen molar-refractivity contribution < 1.29 is 5.11 Å². The van der Waals surface area contributed by atoms with Gasteiger partial charge in [-0.2, -0.15) is 5.26 Å². The first-order chi connectivity index (χ1) is 13.5. The second kappa shape index (κ2) is 6.29. The van der Waals surface area contributed by atoms with Crippen LogP contribution in [0.15, 0.2) is 36.2 Å². The van der Waals surface area contributed by atoms with E-state index in [1.165, 1.54) is 30.4 Å². The summed E-state index contributed by atoms with van der Waals surface area (Å²) < 4.78 is 0. The van der Waals surface area contributed by atoms with Crippen molar-refractivity contribution in [1.82, 2.24) is 4.98 Å². The van der Waals surface area contributed by atoms with Gasteiger partial charge in [-0.3, -0.25) is 4.98 Å². The zero-order valence-electron chi connectivity index (χ0n) is 17.0. The number of fused-ring (bicyclic) bond motifs is 5. The molecule has 0 aromatic carbocycles. The Labute approximate surface area is 168 Å². The van der Waals surface area contributed by atoms with Crippen LogP contribution in [0.5, 0.6) is 0 Å². The van der Waals surface area contributed by atoms with Gasteiger partial charge in [0.25, 0.3) is 0 Å². The fraction of sp³-hybridized carbons (Fsp3) is 0.600. The number of pyridine rings is 1. The van der Waals surface area contributed by atoms with E-state index < -0.39 is 0 Å². The maximum absolute atomic E-state index is 10.2. The normalized spacial score (nSPS) is 41.8. The van der Waals surface area contributed by atoms with Crippen molar-refractivity contribution in [3.05, 3.63) is 47.3 Å². The number of aliphatic hydroxyl groups excluding tert-OH is 1. The van der Waals surface area contributed by atoms with E-state index in [1.807, 2.05) is 12.3 Å². The molecule has 3 nitrogen and oxygen atoms in total. The third-order valence-corrected chi connectivity index (χ3v) is 8.84. The molecule has 6 atom stereocenters. The largest absolute Gasteiger partial charge is 0.393 e. The predicted molar refractivity (Wildman–Crippen MR) is 110 cm³/mol. The van der Waals surface area contributed by atoms with E-state index in [2.05, 4.69) is 37.1 Å². The molecule has 0 bridgehead atoms. The van der Waals surface area contributed by atoms with Crippen molar-refractivity contribution >= 4 is 5.57 Å². The van der Waals surface area contributed by atoms with E-state index >= 15 is 0 Å². The van der Waals surface area contributed by atoms with Crippen LogP contribution in [0.25, 0.3) is 5.57 Å². The lowest BCUT2D eigenvalue weighted by Crippen LogP contribution is -2.49. The van der Waals surface area contributed by atoms with E-state index in [4.69, 9.17) is 0 Å². The van der Waals surface area contributed by atoms with Crippen LogP contribution in [0.3, 0.4) is 0 Å². The van der Waals surface area contributed by atoms with Crippen molar-refractivity contribution in [3.8, 4) is 6.07 Å². The quantitative estimate of drug-likeness (QED) is 0.681. The summed E-state index contributed by atoms with van der Waals surface area (Å²) in [5, 5.41) is 19.5. The van der Waals surface area contributed by atoms with Gasteiger partial charge >= 0.3 is 0 Å². The minimum atomic E-state index is -0.135. The van der Waals surface area contributed by atoms with Gasteiger partial charge in [-0.05, 0) is 90.7 Å². The van der Waals surface area contributed by atoms with Crippen LogP contribution >= 0.6 is 0 Å². The molecule has 5 rings (SSSR count). The Bertz CT molecular complexity index is 909. The van der Waals surface area contributed by atoms with Crippen LogP contribution in [0.4, 0.5) is 0 Å². The number of rotatable bonds is 1. The number of hydrogen-bond donors (Lipinski definition) is 1. The average molecular weight is 375 g/mol. The monoisotopic (exact) mass is 374 g/mol. The number of nitriles is 1. The topological polar surface area (TPSA) is 56.9 Å². The molecule has 146 valence electrons. The summed E-state index contributed by atoms with van der Waals surface area (Å²) in [6.45, 7) is 4.94. The summed E-state index contributed by atoms with van der Waals surface area (Å²) in [7, 11) is 0. The molecule has 1 aromatic rings. The maximum Gasteiger partial charge on any atom is 0.101 e. The summed E-state index contributed by atoms with van der Waals surface area (Å²) in [5.74, 6) is 2.14. The number of aromatic nitrogens is 1. The Morgan fingerprint density at radius 2 is 1.89 bits per heavy atom. The third-order valence-electron chi connectivity index (χ3n) is 8.84. The van der Waals surface area contributed by atoms with Crippen LogP contribution in [-0.4, -0.2) is 16.2 Å². The Morgan fingerprint density at radius 1 is 1.07 bits per heavy atom. The zero-order chi connectivity index (χ0) is 19.5. The van der Waals surface area contributed by atoms with Gasteiger partial charge in [-0.15, -0.1) is 0 Å². The van der Waals surface area contributed by atoms with Crippen LogP contribution in [0.2, 0.25) is 0 Å². The molecule has 1 N–H and O–H groups in total. The molecule has 1 aromatic heterocycles. The molecular weight excluding hydrogens is 344 g/mol. The number of aliphatic hydroxyl groups is 1. The lowest BCUT2D eigenvalue weighted by Gasteiger charge is -2.57. The highest BCUT2D eigenvalue weighted by Gasteiger charge is 2.56. The molecule has 2 fully saturated rings. The Morgan fingerprint density at radius 3 is 2.71 bits per heavy atom. The van der Waals surface area contributed by atoms with Crippen molar-refractivity contribution in [2.24, 2.45) is 28.6 Å². The summed E-state index contributed by atoms with van der Waals surface area (Å²) in [6.07, 6.45) is 16.2. The highest BCUT2D eigenvalue weighted by atomic mass is 16.3. The van der Waals surface area contributed by atoms with Gasteiger partial charge in [0, 0.05) is 12.4 Å². The summed E-state index contributed by atoms with van der Waals surface area (Å²) in [6, 6.07) is 4.26. The van der Waals surface area contributed by atoms with Crippen LogP contribution in [-0.2, 0) is 0 Å². The second-order valence-corrected chi connectivity index (χ2v) is 10.0. The molecule has 28 heavy (non-hydrogen) atoms. The van der Waals surface area contributed by atoms with Gasteiger partial charge in [-0.25, -0.2) is 0 Å². The Balaban J connectivity index is 1.47. The van der Waals surface area contributed by atoms with Gasteiger partial charge in [0.15, 0.2) is 0 Å². The van der Waals surface area contributed by atoms with Crippen LogP contribution in [0, 0.1) is 39.9 Å². The van der Waals surface area contributed by atoms with Crippen LogP contribution < -0.4 is 0 Å². The lowest BCUT2D eigenvalue weighted by molar-refractivity contribution is -0.0238. The molecule has 3 heteroatoms. The molecule has 2 saturated carbocycles. The molecule has 0 aliphatic heterocycles. The number of hydrogen-bond acceptors (Lipinski definition) is 3. The van der Waals surface area contributed by atoms with Crippen molar-refractivity contribution in [2.45, 2.75) is 64.9 Å². The van der Waals surface area contributed by atoms with E-state index in [1.54, 1.807) is 6.20 Å². The van der Waals surface area contributed by atoms with Gasteiger partial charge < -0.3 is 5.11 Å². The predicted octanol–water partition coefficient (Wildman–Crippen LogP) is 5.27. The van der Waals surface area contributed by atoms with E-state index in [9.17, 15) is 10.4 Å². The average Bonchev–Trinajstić information content (AvgIpc) is 3.06. The molecule has 0 radical (unpaired) electrons. The minimum Gasteiger partial charge on any atom is -0.393 e. The summed E-state index contributed by atoms with van der Waals surface area (Å²) in [4.78, 5) is 4.33. The summed E-state index contributed by atoms with van der Waals surface area (Å²) in [5.41, 5.74) is 5.22. The third kappa shape index (κ3) is 2.47. The first-order valence-corrected chi connectivity index (χ1v) is 10.9. The standard InChI is InChI=1S/C25H30N2O/c1-24-9-7-19(28)12-18(24)3-4-20-22-6-5-21(25(22,2)10-8-23(20)24)17-11-16(13-26)14-27-15-17/h3,5,11,14-15,19-20,22-23,28H,4,6-10,12H2,1-2H3. The van der Waals surface area contributed by atoms with Crippen molar-refractivity contribution in [2.75, 3.05) is 0 Å². The van der Waals surface area contributed by atoms with Crippen LogP contribution in [0.1, 0.15) is 69.9 Å². The molecule has 4 aliphatic carbocycles. The number of allylic oxidation sites excluding steroid dienone is 3. The Kier molecular flexibility index (Phi) is 4.07. The molecule has 0 saturated heterocycles. The second-order valence-electron chi connectivity index (χ2n) is 10.0. The number of nitrogens with zero attached hydrogens (tertiary/aromatic N) is 2. The van der Waals surface area contributed by atoms with E-state index in [0.717, 1.165) is 43.1 Å². The fourth-order valence-corrected chi connectivity index (χ4v) is 7.30. The molecule has 6 unspecified atom stereocenters. The zero-order valence-corrected chi connectivity index (χ0v) is 17.0. The minimum absolute atomic E-state index is 0.135. The van der Waals surface area contributed by atoms with Gasteiger partial charge in [0.05, 0.1) is 11.7 Å². The maximum atomic E-state index is 10.2. The van der Waals surface area contributed by atoms with E-state index in [0.29, 0.717) is 11.5 Å². The fourth-order valence-electron chi connectivity index (χ4n) is 7.30. The molecule has 0 amide bonds. The highest BCUT2D eigenvalue weighted by molar-refractivity contribution is 5.73. The molecule has 0 spiro atoms. The van der Waals surface area contributed by atoms with Gasteiger partial charge in [0.1, 0.15) is 6.07 Å². The SMILES string of the molecule is CC12CCC(O)CC1=CCC1C2CCC2(C)C(c3cncc(C#N)c3)=CCC12. The lowest BCUT2D eigenvalue weighted by atomic mass is 9.47. The molecular formula is C25H30N2O. The van der Waals surface area contributed by atoms with Crippen molar-refractivity contribution in [1.29, 1.82) is 5.26 Å². The smallest absolute Gasteiger partial charge is 0.101 e. The Hall–Kier alpha value is -1.92. The first-order valence-electron chi connectivity index (χ1n) is 10.9. The van der Waals surface area contributed by atoms with Gasteiger partial charge in [0.2, 0.25) is 0 Å². The van der Waals surface area contributed by atoms with Crippen molar-refractivity contribution in [3.63, 3.8) is 0 Å². The first kappa shape index (κ1) is 18.1.